The Bertz CT molecular complexity index is 163. The van der Waals surface area contributed by atoms with Crippen molar-refractivity contribution in [3.63, 3.8) is 0 Å². The fourth-order valence-corrected chi connectivity index (χ4v) is 1.79. The predicted molar refractivity (Wildman–Crippen MR) is 72.1 cm³/mol. The third-order valence-corrected chi connectivity index (χ3v) is 2.73. The highest BCUT2D eigenvalue weighted by Crippen LogP contribution is 2.01. The number of aliphatic hydroxyl groups excluding tert-OH is 2. The molecule has 0 radical (unpaired) electrons. The van der Waals surface area contributed by atoms with E-state index in [1.807, 2.05) is 0 Å². The molecule has 6 heteroatoms. The second kappa shape index (κ2) is 13.2. The van der Waals surface area contributed by atoms with Gasteiger partial charge < -0.3 is 31.3 Å². The molecule has 0 saturated heterocycles. The van der Waals surface area contributed by atoms with Crippen LogP contribution in [0.25, 0.3) is 0 Å². The van der Waals surface area contributed by atoms with E-state index in [4.69, 9.17) is 21.3 Å². The highest BCUT2D eigenvalue weighted by Gasteiger charge is 2.11. The molecule has 110 valence electrons. The zero-order valence-electron chi connectivity index (χ0n) is 11.3. The summed E-state index contributed by atoms with van der Waals surface area (Å²) in [6.07, 6.45) is 3.50. The van der Waals surface area contributed by atoms with Crippen molar-refractivity contribution < 1.29 is 14.9 Å². The van der Waals surface area contributed by atoms with Gasteiger partial charge in [-0.05, 0) is 51.9 Å². The van der Waals surface area contributed by atoms with E-state index in [9.17, 15) is 5.11 Å². The van der Waals surface area contributed by atoms with Gasteiger partial charge in [0.25, 0.3) is 0 Å². The summed E-state index contributed by atoms with van der Waals surface area (Å²) in [5.74, 6) is 0. The molecule has 0 bridgehead atoms. The zero-order chi connectivity index (χ0) is 13.6. The monoisotopic (exact) mass is 263 g/mol. The number of unbranched alkanes of at least 4 members (excludes halogenated alkanes) is 2. The minimum absolute atomic E-state index is 0.167. The molecule has 0 aromatic rings. The topological polar surface area (TPSA) is 105 Å². The lowest BCUT2D eigenvalue weighted by molar-refractivity contribution is -0.0487. The molecule has 6 nitrogen and oxygen atoms in total. The Morgan fingerprint density at radius 1 is 1.00 bits per heavy atom. The normalized spacial score (nSPS) is 13.2. The maximum Gasteiger partial charge on any atom is 0.143 e. The first-order valence-corrected chi connectivity index (χ1v) is 6.73. The highest BCUT2D eigenvalue weighted by molar-refractivity contribution is 4.65. The minimum atomic E-state index is -0.562. The smallest absolute Gasteiger partial charge is 0.143 e. The summed E-state index contributed by atoms with van der Waals surface area (Å²) < 4.78 is 4.79. The molecule has 0 aromatic heterocycles. The van der Waals surface area contributed by atoms with Crippen LogP contribution in [0.3, 0.4) is 0 Å². The van der Waals surface area contributed by atoms with Crippen molar-refractivity contribution in [1.29, 1.82) is 0 Å². The molecule has 0 fully saturated rings. The van der Waals surface area contributed by atoms with Crippen molar-refractivity contribution >= 4 is 0 Å². The molecule has 0 spiro atoms. The van der Waals surface area contributed by atoms with Crippen LogP contribution in [0.4, 0.5) is 0 Å². The lowest BCUT2D eigenvalue weighted by Gasteiger charge is -2.24. The molecular weight excluding hydrogens is 234 g/mol. The van der Waals surface area contributed by atoms with Gasteiger partial charge in [-0.15, -0.1) is 0 Å². The summed E-state index contributed by atoms with van der Waals surface area (Å²) in [5.41, 5.74) is 10.9. The van der Waals surface area contributed by atoms with Crippen LogP contribution in [-0.2, 0) is 4.74 Å². The molecule has 1 unspecified atom stereocenters. The number of nitrogens with zero attached hydrogens (tertiary/aromatic N) is 1. The van der Waals surface area contributed by atoms with E-state index in [-0.39, 0.29) is 13.4 Å². The molecule has 0 aromatic carbocycles. The van der Waals surface area contributed by atoms with Crippen molar-refractivity contribution in [1.82, 2.24) is 4.90 Å². The van der Waals surface area contributed by atoms with E-state index < -0.39 is 6.10 Å². The van der Waals surface area contributed by atoms with Gasteiger partial charge >= 0.3 is 0 Å². The van der Waals surface area contributed by atoms with Crippen molar-refractivity contribution in [2.24, 2.45) is 11.5 Å². The van der Waals surface area contributed by atoms with E-state index in [2.05, 4.69) is 4.90 Å². The van der Waals surface area contributed by atoms with E-state index in [0.29, 0.717) is 19.6 Å². The fraction of sp³-hybridized carbons (Fsp3) is 1.00. The summed E-state index contributed by atoms with van der Waals surface area (Å²) in [4.78, 5) is 2.21. The van der Waals surface area contributed by atoms with Gasteiger partial charge in [-0.3, -0.25) is 0 Å². The van der Waals surface area contributed by atoms with Gasteiger partial charge in [0, 0.05) is 6.54 Å². The summed E-state index contributed by atoms with van der Waals surface area (Å²) in [5, 5.41) is 18.3. The molecule has 0 aliphatic heterocycles. The molecule has 0 rings (SSSR count). The molecule has 0 aliphatic rings. The van der Waals surface area contributed by atoms with Crippen LogP contribution in [0, 0.1) is 0 Å². The molecular formula is C12H29N3O3. The second-order valence-electron chi connectivity index (χ2n) is 4.45. The van der Waals surface area contributed by atoms with Gasteiger partial charge in [0.05, 0.1) is 12.7 Å². The van der Waals surface area contributed by atoms with Crippen LogP contribution < -0.4 is 11.5 Å². The Morgan fingerprint density at radius 2 is 1.56 bits per heavy atom. The van der Waals surface area contributed by atoms with Gasteiger partial charge in [-0.2, -0.15) is 0 Å². The van der Waals surface area contributed by atoms with Gasteiger partial charge in [0.1, 0.15) is 6.79 Å². The first-order valence-electron chi connectivity index (χ1n) is 6.73. The average molecular weight is 263 g/mol. The van der Waals surface area contributed by atoms with Crippen molar-refractivity contribution in [3.05, 3.63) is 0 Å². The third kappa shape index (κ3) is 10.9. The molecule has 0 amide bonds. The van der Waals surface area contributed by atoms with Crippen LogP contribution in [0.2, 0.25) is 0 Å². The first-order chi connectivity index (χ1) is 8.74. The SMILES string of the molecule is NCCCCN(CCCCN)CC(O)COCO. The van der Waals surface area contributed by atoms with Crippen molar-refractivity contribution in [3.8, 4) is 0 Å². The highest BCUT2D eigenvalue weighted by atomic mass is 16.6. The third-order valence-electron chi connectivity index (χ3n) is 2.73. The minimum Gasteiger partial charge on any atom is -0.389 e. The van der Waals surface area contributed by atoms with E-state index in [1.165, 1.54) is 0 Å². The number of rotatable bonds is 13. The van der Waals surface area contributed by atoms with E-state index >= 15 is 0 Å². The van der Waals surface area contributed by atoms with E-state index in [0.717, 1.165) is 38.8 Å². The van der Waals surface area contributed by atoms with E-state index in [1.54, 1.807) is 0 Å². The fourth-order valence-electron chi connectivity index (χ4n) is 1.79. The molecule has 0 heterocycles. The van der Waals surface area contributed by atoms with Crippen LogP contribution in [0.5, 0.6) is 0 Å². The lowest BCUT2D eigenvalue weighted by atomic mass is 10.2. The number of hydrogen-bond acceptors (Lipinski definition) is 6. The average Bonchev–Trinajstić information content (AvgIpc) is 2.36. The van der Waals surface area contributed by atoms with Gasteiger partial charge in [-0.1, -0.05) is 0 Å². The van der Waals surface area contributed by atoms with Gasteiger partial charge in [-0.25, -0.2) is 0 Å². The number of aliphatic hydroxyl groups is 2. The van der Waals surface area contributed by atoms with Gasteiger partial charge in [0.15, 0.2) is 0 Å². The molecule has 18 heavy (non-hydrogen) atoms. The number of hydrogen-bond donors (Lipinski definition) is 4. The number of nitrogens with two attached hydrogens (primary N) is 2. The molecule has 1 atom stereocenters. The Kier molecular flexibility index (Phi) is 13.0. The predicted octanol–water partition coefficient (Wildman–Crippen LogP) is -0.906. The van der Waals surface area contributed by atoms with Crippen LogP contribution in [0.15, 0.2) is 0 Å². The van der Waals surface area contributed by atoms with Crippen molar-refractivity contribution in [2.45, 2.75) is 31.8 Å². The summed E-state index contributed by atoms with van der Waals surface area (Å²) in [7, 11) is 0. The summed E-state index contributed by atoms with van der Waals surface area (Å²) >= 11 is 0. The van der Waals surface area contributed by atoms with Crippen molar-refractivity contribution in [2.75, 3.05) is 46.1 Å². The molecule has 0 saturated carbocycles. The quantitative estimate of drug-likeness (QED) is 0.253. The standard InChI is InChI=1S/C12H29N3O3/c13-5-1-3-7-15(8-4-2-6-14)9-12(17)10-18-11-16/h12,16-17H,1-11,13-14H2. The maximum atomic E-state index is 9.74. The Balaban J connectivity index is 3.85. The number of ether oxygens (including phenoxy) is 1. The van der Waals surface area contributed by atoms with Gasteiger partial charge in [0.2, 0.25) is 0 Å². The largest absolute Gasteiger partial charge is 0.389 e. The first kappa shape index (κ1) is 17.8. The molecule has 0 aliphatic carbocycles. The lowest BCUT2D eigenvalue weighted by Crippen LogP contribution is -2.36. The van der Waals surface area contributed by atoms with Crippen LogP contribution in [0.1, 0.15) is 25.7 Å². The Hall–Kier alpha value is -0.240. The zero-order valence-corrected chi connectivity index (χ0v) is 11.3. The van der Waals surface area contributed by atoms with Crippen LogP contribution >= 0.6 is 0 Å². The Morgan fingerprint density at radius 3 is 2.00 bits per heavy atom. The Labute approximate surface area is 110 Å². The summed E-state index contributed by atoms with van der Waals surface area (Å²) in [6, 6.07) is 0. The second-order valence-corrected chi connectivity index (χ2v) is 4.45. The maximum absolute atomic E-state index is 9.74. The summed E-state index contributed by atoms with van der Waals surface area (Å²) in [6.45, 7) is 3.64. The van der Waals surface area contributed by atoms with Crippen LogP contribution in [-0.4, -0.2) is 67.3 Å². The molecule has 6 N–H and O–H groups in total.